The van der Waals surface area contributed by atoms with Crippen LogP contribution in [0.4, 0.5) is 0 Å². The van der Waals surface area contributed by atoms with E-state index in [1.165, 1.54) is 34.2 Å². The van der Waals surface area contributed by atoms with Crippen LogP contribution in [0.15, 0.2) is 12.1 Å². The first-order chi connectivity index (χ1) is 15.4. The van der Waals surface area contributed by atoms with Crippen molar-refractivity contribution in [3.63, 3.8) is 0 Å². The number of methoxy groups -OCH3 is 3. The van der Waals surface area contributed by atoms with Gasteiger partial charge in [0.05, 0.1) is 27.9 Å². The van der Waals surface area contributed by atoms with Crippen LogP contribution < -0.4 is 19.5 Å². The molecule has 8 heteroatoms. The molecular formula is C24H37N3O5. The summed E-state index contributed by atoms with van der Waals surface area (Å²) in [5, 5.41) is 2.74. The summed E-state index contributed by atoms with van der Waals surface area (Å²) in [6.45, 7) is 7.22. The van der Waals surface area contributed by atoms with Crippen LogP contribution in [-0.2, 0) is 4.79 Å². The highest BCUT2D eigenvalue weighted by molar-refractivity contribution is 5.97. The highest BCUT2D eigenvalue weighted by Crippen LogP contribution is 2.38. The molecule has 1 aromatic carbocycles. The fourth-order valence-corrected chi connectivity index (χ4v) is 4.63. The van der Waals surface area contributed by atoms with Gasteiger partial charge in [-0.25, -0.2) is 0 Å². The van der Waals surface area contributed by atoms with E-state index in [2.05, 4.69) is 17.1 Å². The van der Waals surface area contributed by atoms with E-state index in [1.54, 1.807) is 12.1 Å². The lowest BCUT2D eigenvalue weighted by Crippen LogP contribution is -2.48. The van der Waals surface area contributed by atoms with Gasteiger partial charge in [-0.15, -0.1) is 0 Å². The molecule has 0 saturated carbocycles. The monoisotopic (exact) mass is 447 g/mol. The first-order valence-electron chi connectivity index (χ1n) is 11.5. The van der Waals surface area contributed by atoms with Crippen molar-refractivity contribution in [3.05, 3.63) is 17.7 Å². The second-order valence-electron chi connectivity index (χ2n) is 8.93. The van der Waals surface area contributed by atoms with E-state index in [1.807, 2.05) is 4.90 Å². The van der Waals surface area contributed by atoms with Crippen LogP contribution >= 0.6 is 0 Å². The number of benzene rings is 1. The molecular weight excluding hydrogens is 410 g/mol. The quantitative estimate of drug-likeness (QED) is 0.659. The summed E-state index contributed by atoms with van der Waals surface area (Å²) in [6.07, 6.45) is 4.71. The molecule has 2 heterocycles. The number of hydrogen-bond acceptors (Lipinski definition) is 6. The van der Waals surface area contributed by atoms with Gasteiger partial charge in [-0.1, -0.05) is 6.92 Å². The molecule has 2 fully saturated rings. The van der Waals surface area contributed by atoms with E-state index < -0.39 is 0 Å². The molecule has 2 aliphatic heterocycles. The zero-order valence-corrected chi connectivity index (χ0v) is 19.8. The molecule has 0 bridgehead atoms. The van der Waals surface area contributed by atoms with Crippen molar-refractivity contribution in [2.75, 3.05) is 60.6 Å². The number of likely N-dealkylation sites (tertiary alicyclic amines) is 2. The van der Waals surface area contributed by atoms with Gasteiger partial charge in [0.25, 0.3) is 5.91 Å². The third kappa shape index (κ3) is 6.06. The number of carbonyl (C=O) groups excluding carboxylic acids is 2. The molecule has 1 N–H and O–H groups in total. The summed E-state index contributed by atoms with van der Waals surface area (Å²) >= 11 is 0. The van der Waals surface area contributed by atoms with Gasteiger partial charge in [0, 0.05) is 25.2 Å². The molecule has 2 saturated heterocycles. The van der Waals surface area contributed by atoms with Gasteiger partial charge in [-0.2, -0.15) is 0 Å². The van der Waals surface area contributed by atoms with Gasteiger partial charge in [0.1, 0.15) is 0 Å². The fraction of sp³-hybridized carbons (Fsp3) is 0.667. The third-order valence-corrected chi connectivity index (χ3v) is 6.59. The molecule has 1 aromatic rings. The summed E-state index contributed by atoms with van der Waals surface area (Å²) in [4.78, 5) is 29.9. The predicted octanol–water partition coefficient (Wildman–Crippen LogP) is 2.41. The maximum atomic E-state index is 12.8. The Labute approximate surface area is 191 Å². The first-order valence-corrected chi connectivity index (χ1v) is 11.5. The molecule has 8 nitrogen and oxygen atoms in total. The minimum Gasteiger partial charge on any atom is -0.493 e. The van der Waals surface area contributed by atoms with Gasteiger partial charge in [-0.3, -0.25) is 9.59 Å². The van der Waals surface area contributed by atoms with Crippen molar-refractivity contribution < 1.29 is 23.8 Å². The van der Waals surface area contributed by atoms with Gasteiger partial charge >= 0.3 is 0 Å². The van der Waals surface area contributed by atoms with Crippen LogP contribution in [0, 0.1) is 11.8 Å². The molecule has 1 unspecified atom stereocenters. The number of amides is 2. The van der Waals surface area contributed by atoms with E-state index >= 15 is 0 Å². The number of hydrogen-bond donors (Lipinski definition) is 1. The van der Waals surface area contributed by atoms with Crippen molar-refractivity contribution >= 4 is 11.8 Å². The second-order valence-corrected chi connectivity index (χ2v) is 8.93. The largest absolute Gasteiger partial charge is 0.493 e. The second kappa shape index (κ2) is 11.4. The normalized spacial score (nSPS) is 20.0. The topological polar surface area (TPSA) is 80.3 Å². The summed E-state index contributed by atoms with van der Waals surface area (Å²) in [5.74, 6) is 2.15. The van der Waals surface area contributed by atoms with E-state index in [4.69, 9.17) is 14.2 Å². The van der Waals surface area contributed by atoms with Crippen LogP contribution in [0.5, 0.6) is 17.2 Å². The average Bonchev–Trinajstić information content (AvgIpc) is 2.82. The van der Waals surface area contributed by atoms with Crippen LogP contribution in [0.1, 0.15) is 43.0 Å². The molecule has 0 radical (unpaired) electrons. The van der Waals surface area contributed by atoms with Crippen LogP contribution in [0.25, 0.3) is 0 Å². The molecule has 0 aromatic heterocycles. The zero-order chi connectivity index (χ0) is 23.1. The van der Waals surface area contributed by atoms with Crippen molar-refractivity contribution in [1.82, 2.24) is 15.1 Å². The van der Waals surface area contributed by atoms with Gasteiger partial charge in [0.2, 0.25) is 11.7 Å². The Balaban J connectivity index is 1.53. The maximum absolute atomic E-state index is 12.8. The Hall–Kier alpha value is -2.48. The third-order valence-electron chi connectivity index (χ3n) is 6.59. The molecule has 2 aliphatic rings. The maximum Gasteiger partial charge on any atom is 0.251 e. The molecule has 1 atom stereocenters. The number of nitrogens with one attached hydrogen (secondary N) is 1. The number of piperidine rings is 2. The molecule has 178 valence electrons. The average molecular weight is 448 g/mol. The van der Waals surface area contributed by atoms with Crippen LogP contribution in [-0.4, -0.2) is 82.2 Å². The molecule has 0 spiro atoms. The van der Waals surface area contributed by atoms with Crippen molar-refractivity contribution in [2.24, 2.45) is 11.8 Å². The molecule has 2 amide bonds. The van der Waals surface area contributed by atoms with E-state index in [-0.39, 0.29) is 18.4 Å². The first kappa shape index (κ1) is 24.2. The van der Waals surface area contributed by atoms with E-state index in [0.717, 1.165) is 51.5 Å². The Morgan fingerprint density at radius 1 is 1.00 bits per heavy atom. The Morgan fingerprint density at radius 2 is 1.66 bits per heavy atom. The smallest absolute Gasteiger partial charge is 0.251 e. The molecule has 0 aliphatic carbocycles. The highest BCUT2D eigenvalue weighted by atomic mass is 16.5. The summed E-state index contributed by atoms with van der Waals surface area (Å²) in [5.41, 5.74) is 0.350. The molecule has 32 heavy (non-hydrogen) atoms. The Morgan fingerprint density at radius 3 is 2.25 bits per heavy atom. The zero-order valence-electron chi connectivity index (χ0n) is 19.8. The van der Waals surface area contributed by atoms with Crippen LogP contribution in [0.2, 0.25) is 0 Å². The molecule has 3 rings (SSSR count). The Bertz CT molecular complexity index is 767. The summed E-state index contributed by atoms with van der Waals surface area (Å²) < 4.78 is 15.9. The van der Waals surface area contributed by atoms with Crippen molar-refractivity contribution in [3.8, 4) is 17.2 Å². The Kier molecular flexibility index (Phi) is 8.61. The lowest BCUT2D eigenvalue weighted by molar-refractivity contribution is -0.132. The fourth-order valence-electron chi connectivity index (χ4n) is 4.63. The van der Waals surface area contributed by atoms with Crippen molar-refractivity contribution in [2.45, 2.75) is 32.6 Å². The number of ether oxygens (including phenoxy) is 3. The number of rotatable bonds is 8. The SMILES string of the molecule is COc1cc(C(=O)NCC(=O)N2CCCC(CN3CCC(C)CC3)C2)cc(OC)c1OC. The summed E-state index contributed by atoms with van der Waals surface area (Å²) in [6, 6.07) is 3.16. The van der Waals surface area contributed by atoms with Crippen molar-refractivity contribution in [1.29, 1.82) is 0 Å². The minimum atomic E-state index is -0.353. The lowest BCUT2D eigenvalue weighted by Gasteiger charge is -2.37. The van der Waals surface area contributed by atoms with Gasteiger partial charge in [-0.05, 0) is 62.7 Å². The number of carbonyl (C=O) groups is 2. The highest BCUT2D eigenvalue weighted by Gasteiger charge is 2.27. The van der Waals surface area contributed by atoms with Gasteiger partial charge < -0.3 is 29.3 Å². The predicted molar refractivity (Wildman–Crippen MR) is 123 cm³/mol. The number of nitrogens with zero attached hydrogens (tertiary/aromatic N) is 2. The van der Waals surface area contributed by atoms with E-state index in [0.29, 0.717) is 28.7 Å². The van der Waals surface area contributed by atoms with Gasteiger partial charge in [0.15, 0.2) is 11.5 Å². The lowest BCUT2D eigenvalue weighted by atomic mass is 9.94. The summed E-state index contributed by atoms with van der Waals surface area (Å²) in [7, 11) is 4.51. The van der Waals surface area contributed by atoms with E-state index in [9.17, 15) is 9.59 Å². The standard InChI is InChI=1S/C24H37N3O5/c1-17-7-10-26(11-8-17)15-18-6-5-9-27(16-18)22(28)14-25-24(29)19-12-20(30-2)23(32-4)21(13-19)31-3/h12-13,17-18H,5-11,14-16H2,1-4H3,(H,25,29). The minimum absolute atomic E-state index is 0.0244. The van der Waals surface area contributed by atoms with Crippen LogP contribution in [0.3, 0.4) is 0 Å².